The molecule has 0 atom stereocenters. The van der Waals surface area contributed by atoms with Crippen LogP contribution in [0.5, 0.6) is 11.5 Å². The third-order valence-electron chi connectivity index (χ3n) is 3.76. The van der Waals surface area contributed by atoms with Crippen LogP contribution in [0.3, 0.4) is 0 Å². The van der Waals surface area contributed by atoms with Crippen molar-refractivity contribution in [3.05, 3.63) is 58.6 Å². The lowest BCUT2D eigenvalue weighted by Gasteiger charge is -2.17. The van der Waals surface area contributed by atoms with Crippen LogP contribution < -0.4 is 14.8 Å². The van der Waals surface area contributed by atoms with Crippen LogP contribution in [0.15, 0.2) is 42.5 Å². The highest BCUT2D eigenvalue weighted by Crippen LogP contribution is 2.30. The van der Waals surface area contributed by atoms with Gasteiger partial charge in [0.25, 0.3) is 5.91 Å². The molecule has 2 aromatic rings. The Morgan fingerprint density at radius 1 is 1.15 bits per heavy atom. The molecule has 0 saturated heterocycles. The third kappa shape index (κ3) is 4.89. The minimum absolute atomic E-state index is 0.0254. The molecule has 6 nitrogen and oxygen atoms in total. The van der Waals surface area contributed by atoms with Gasteiger partial charge in [0.2, 0.25) is 5.91 Å². The number of nitrogens with one attached hydrogen (secondary N) is 1. The van der Waals surface area contributed by atoms with Crippen molar-refractivity contribution in [2.45, 2.75) is 6.61 Å². The van der Waals surface area contributed by atoms with Crippen LogP contribution in [-0.2, 0) is 11.4 Å². The molecule has 2 aromatic carbocycles. The van der Waals surface area contributed by atoms with Gasteiger partial charge in [-0.25, -0.2) is 0 Å². The maximum absolute atomic E-state index is 12.4. The maximum Gasteiger partial charge on any atom is 0.254 e. The number of likely N-dealkylation sites (N-methyl/N-ethyl adjacent to an activating group) is 2. The first kappa shape index (κ1) is 19.6. The number of hydrogen-bond donors (Lipinski definition) is 1. The summed E-state index contributed by atoms with van der Waals surface area (Å²) in [5, 5.41) is 3.10. The molecule has 0 aliphatic rings. The van der Waals surface area contributed by atoms with Crippen LogP contribution in [0.1, 0.15) is 15.9 Å². The van der Waals surface area contributed by atoms with Crippen molar-refractivity contribution in [2.75, 3.05) is 27.7 Å². The summed E-state index contributed by atoms with van der Waals surface area (Å²) in [6, 6.07) is 12.3. The molecule has 1 N–H and O–H groups in total. The van der Waals surface area contributed by atoms with E-state index in [0.29, 0.717) is 22.1 Å². The molecule has 0 unspecified atom stereocenters. The Bertz CT molecular complexity index is 795. The molecule has 2 amide bonds. The molecular formula is C19H21ClN2O4. The van der Waals surface area contributed by atoms with E-state index in [4.69, 9.17) is 21.1 Å². The van der Waals surface area contributed by atoms with Gasteiger partial charge >= 0.3 is 0 Å². The van der Waals surface area contributed by atoms with Gasteiger partial charge in [-0.05, 0) is 24.3 Å². The van der Waals surface area contributed by atoms with Crippen molar-refractivity contribution in [2.24, 2.45) is 0 Å². The average molecular weight is 377 g/mol. The topological polar surface area (TPSA) is 67.9 Å². The number of rotatable bonds is 7. The van der Waals surface area contributed by atoms with E-state index < -0.39 is 0 Å². The molecule has 0 aromatic heterocycles. The van der Waals surface area contributed by atoms with Gasteiger partial charge in [-0.2, -0.15) is 0 Å². The highest BCUT2D eigenvalue weighted by molar-refractivity contribution is 6.31. The summed E-state index contributed by atoms with van der Waals surface area (Å²) >= 11 is 6.13. The van der Waals surface area contributed by atoms with Gasteiger partial charge in [-0.1, -0.05) is 29.8 Å². The first-order chi connectivity index (χ1) is 12.5. The first-order valence-electron chi connectivity index (χ1n) is 7.96. The maximum atomic E-state index is 12.4. The lowest BCUT2D eigenvalue weighted by atomic mass is 10.1. The van der Waals surface area contributed by atoms with Crippen LogP contribution in [0.4, 0.5) is 0 Å². The first-order valence-corrected chi connectivity index (χ1v) is 8.34. The van der Waals surface area contributed by atoms with Gasteiger partial charge < -0.3 is 19.7 Å². The lowest BCUT2D eigenvalue weighted by Crippen LogP contribution is -2.36. The van der Waals surface area contributed by atoms with Gasteiger partial charge in [-0.3, -0.25) is 9.59 Å². The molecule has 0 spiro atoms. The third-order valence-corrected chi connectivity index (χ3v) is 4.13. The number of halogens is 1. The zero-order chi connectivity index (χ0) is 19.1. The van der Waals surface area contributed by atoms with Crippen molar-refractivity contribution in [3.63, 3.8) is 0 Å². The second-order valence-electron chi connectivity index (χ2n) is 5.58. The van der Waals surface area contributed by atoms with Crippen molar-refractivity contribution < 1.29 is 19.1 Å². The minimum Gasteiger partial charge on any atom is -0.493 e. The van der Waals surface area contributed by atoms with Gasteiger partial charge in [0.1, 0.15) is 6.61 Å². The molecule has 0 bridgehead atoms. The highest BCUT2D eigenvalue weighted by Gasteiger charge is 2.17. The van der Waals surface area contributed by atoms with Gasteiger partial charge in [0.05, 0.1) is 13.7 Å². The summed E-state index contributed by atoms with van der Waals surface area (Å²) in [5.41, 5.74) is 1.25. The van der Waals surface area contributed by atoms with E-state index in [2.05, 4.69) is 5.32 Å². The molecule has 0 heterocycles. The van der Waals surface area contributed by atoms with E-state index in [9.17, 15) is 9.59 Å². The summed E-state index contributed by atoms with van der Waals surface area (Å²) < 4.78 is 11.1. The quantitative estimate of drug-likeness (QED) is 0.806. The second-order valence-corrected chi connectivity index (χ2v) is 5.99. The molecule has 138 valence electrons. The molecule has 0 radical (unpaired) electrons. The van der Waals surface area contributed by atoms with E-state index >= 15 is 0 Å². The van der Waals surface area contributed by atoms with Crippen molar-refractivity contribution in [1.82, 2.24) is 10.2 Å². The number of carbonyl (C=O) groups excluding carboxylic acids is 2. The fourth-order valence-electron chi connectivity index (χ4n) is 2.28. The molecule has 0 saturated carbocycles. The second kappa shape index (κ2) is 9.10. The van der Waals surface area contributed by atoms with Crippen molar-refractivity contribution in [3.8, 4) is 11.5 Å². The Hall–Kier alpha value is -2.73. The molecule has 2 rings (SSSR count). The van der Waals surface area contributed by atoms with Crippen LogP contribution in [0.25, 0.3) is 0 Å². The largest absolute Gasteiger partial charge is 0.493 e. The van der Waals surface area contributed by atoms with Gasteiger partial charge in [-0.15, -0.1) is 0 Å². The van der Waals surface area contributed by atoms with E-state index in [1.54, 1.807) is 31.3 Å². The van der Waals surface area contributed by atoms with E-state index in [1.165, 1.54) is 19.1 Å². The summed E-state index contributed by atoms with van der Waals surface area (Å²) in [6.07, 6.45) is 0. The smallest absolute Gasteiger partial charge is 0.254 e. The van der Waals surface area contributed by atoms with E-state index in [0.717, 1.165) is 5.56 Å². The summed E-state index contributed by atoms with van der Waals surface area (Å²) in [4.78, 5) is 25.2. The van der Waals surface area contributed by atoms with E-state index in [1.807, 2.05) is 18.2 Å². The van der Waals surface area contributed by atoms with Crippen molar-refractivity contribution in [1.29, 1.82) is 0 Å². The SMILES string of the molecule is CNC(=O)CN(C)C(=O)c1ccc(OCc2ccccc2Cl)c(OC)c1. The average Bonchev–Trinajstić information content (AvgIpc) is 2.66. The van der Waals surface area contributed by atoms with Crippen LogP contribution in [0, 0.1) is 0 Å². The van der Waals surface area contributed by atoms with Gasteiger partial charge in [0, 0.05) is 30.2 Å². The standard InChI is InChI=1S/C19H21ClN2O4/c1-21-18(23)11-22(2)19(24)13-8-9-16(17(10-13)25-3)26-12-14-6-4-5-7-15(14)20/h4-10H,11-12H2,1-3H3,(H,21,23). The molecule has 0 aliphatic carbocycles. The van der Waals surface area contributed by atoms with Crippen LogP contribution >= 0.6 is 11.6 Å². The zero-order valence-electron chi connectivity index (χ0n) is 14.9. The van der Waals surface area contributed by atoms with Gasteiger partial charge in [0.15, 0.2) is 11.5 Å². The number of carbonyl (C=O) groups is 2. The summed E-state index contributed by atoms with van der Waals surface area (Å²) in [5.74, 6) is 0.395. The Labute approximate surface area is 157 Å². The lowest BCUT2D eigenvalue weighted by molar-refractivity contribution is -0.121. The summed E-state index contributed by atoms with van der Waals surface area (Å²) in [7, 11) is 4.58. The number of benzene rings is 2. The van der Waals surface area contributed by atoms with Crippen LogP contribution in [0.2, 0.25) is 5.02 Å². The van der Waals surface area contributed by atoms with Crippen LogP contribution in [-0.4, -0.2) is 44.5 Å². The molecule has 7 heteroatoms. The Kier molecular flexibility index (Phi) is 6.86. The molecular weight excluding hydrogens is 356 g/mol. The molecule has 26 heavy (non-hydrogen) atoms. The predicted molar refractivity (Wildman–Crippen MR) is 99.8 cm³/mol. The normalized spacial score (nSPS) is 10.2. The Morgan fingerprint density at radius 3 is 2.54 bits per heavy atom. The number of nitrogens with zero attached hydrogens (tertiary/aromatic N) is 1. The number of methoxy groups -OCH3 is 1. The number of amides is 2. The minimum atomic E-state index is -0.287. The molecule has 0 aliphatic heterocycles. The van der Waals surface area contributed by atoms with Crippen molar-refractivity contribution >= 4 is 23.4 Å². The number of hydrogen-bond acceptors (Lipinski definition) is 4. The molecule has 0 fully saturated rings. The monoisotopic (exact) mass is 376 g/mol. The zero-order valence-corrected chi connectivity index (χ0v) is 15.7. The Morgan fingerprint density at radius 2 is 1.88 bits per heavy atom. The number of ether oxygens (including phenoxy) is 2. The fourth-order valence-corrected chi connectivity index (χ4v) is 2.47. The summed E-state index contributed by atoms with van der Waals surface area (Å²) in [6.45, 7) is 0.252. The fraction of sp³-hybridized carbons (Fsp3) is 0.263. The van der Waals surface area contributed by atoms with E-state index in [-0.39, 0.29) is 25.0 Å². The predicted octanol–water partition coefficient (Wildman–Crippen LogP) is 2.75. The highest BCUT2D eigenvalue weighted by atomic mass is 35.5. The Balaban J connectivity index is 2.12.